The molecule has 0 saturated carbocycles. The van der Waals surface area contributed by atoms with Crippen LogP contribution >= 0.6 is 0 Å². The van der Waals surface area contributed by atoms with Crippen LogP contribution in [0.25, 0.3) is 0 Å². The van der Waals surface area contributed by atoms with Gasteiger partial charge in [-0.05, 0) is 54.8 Å². The second-order valence-electron chi connectivity index (χ2n) is 6.63. The van der Waals surface area contributed by atoms with Crippen molar-refractivity contribution in [3.8, 4) is 0 Å². The number of tetrazole rings is 1. The van der Waals surface area contributed by atoms with E-state index in [4.69, 9.17) is 5.73 Å². The minimum absolute atomic E-state index is 0.00262. The molecule has 1 aliphatic rings. The molecule has 0 radical (unpaired) electrons. The Labute approximate surface area is 148 Å². The lowest BCUT2D eigenvalue weighted by Crippen LogP contribution is -2.41. The van der Waals surface area contributed by atoms with Crippen molar-refractivity contribution in [2.24, 2.45) is 11.7 Å². The van der Waals surface area contributed by atoms with Gasteiger partial charge in [0.2, 0.25) is 5.91 Å². The van der Waals surface area contributed by atoms with Crippen molar-refractivity contribution >= 4 is 5.91 Å². The zero-order valence-electron chi connectivity index (χ0n) is 14.7. The molecule has 1 saturated heterocycles. The summed E-state index contributed by atoms with van der Waals surface area (Å²) in [5.41, 5.74) is 6.72. The van der Waals surface area contributed by atoms with Crippen LogP contribution in [0.4, 0.5) is 0 Å². The molecule has 2 heterocycles. The highest BCUT2D eigenvalue weighted by atomic mass is 16.1. The highest BCUT2D eigenvalue weighted by Crippen LogP contribution is 2.27. The third kappa shape index (κ3) is 4.22. The van der Waals surface area contributed by atoms with Crippen LogP contribution in [0.5, 0.6) is 0 Å². The number of rotatable bonds is 7. The summed E-state index contributed by atoms with van der Waals surface area (Å²) in [6, 6.07) is 10.5. The largest absolute Gasteiger partial charge is 0.369 e. The first-order valence-electron chi connectivity index (χ1n) is 9.02. The first-order valence-corrected chi connectivity index (χ1v) is 9.02. The number of likely N-dealkylation sites (tertiary alicyclic amines) is 1. The van der Waals surface area contributed by atoms with E-state index in [1.165, 1.54) is 5.56 Å². The van der Waals surface area contributed by atoms with E-state index in [0.717, 1.165) is 51.1 Å². The molecule has 0 bridgehead atoms. The zero-order valence-corrected chi connectivity index (χ0v) is 14.7. The first kappa shape index (κ1) is 17.5. The Bertz CT molecular complexity index is 678. The van der Waals surface area contributed by atoms with Crippen molar-refractivity contribution in [3.05, 3.63) is 41.7 Å². The number of piperidine rings is 1. The number of aromatic nitrogens is 4. The van der Waals surface area contributed by atoms with Gasteiger partial charge in [-0.1, -0.05) is 37.3 Å². The van der Waals surface area contributed by atoms with Crippen molar-refractivity contribution in [3.63, 3.8) is 0 Å². The molecule has 1 aliphatic heterocycles. The smallest absolute Gasteiger partial charge is 0.220 e. The number of benzene rings is 1. The standard InChI is InChI=1S/C18H26N6O/c1-2-16(23-11-9-15(10-12-23)17(19)25)18-20-21-22-24(18)13-8-14-6-4-3-5-7-14/h3-7,15-16H,2,8-13H2,1H3,(H2,19,25)/t16-/m0/s1. The second-order valence-corrected chi connectivity index (χ2v) is 6.63. The summed E-state index contributed by atoms with van der Waals surface area (Å²) in [5.74, 6) is 0.735. The van der Waals surface area contributed by atoms with E-state index in [9.17, 15) is 4.79 Å². The Balaban J connectivity index is 1.66. The fraction of sp³-hybridized carbons (Fsp3) is 0.556. The van der Waals surface area contributed by atoms with Crippen LogP contribution in [-0.2, 0) is 17.8 Å². The Morgan fingerprint density at radius 2 is 2.00 bits per heavy atom. The summed E-state index contributed by atoms with van der Waals surface area (Å²) >= 11 is 0. The quantitative estimate of drug-likeness (QED) is 0.825. The van der Waals surface area contributed by atoms with E-state index in [1.54, 1.807) is 0 Å². The highest BCUT2D eigenvalue weighted by Gasteiger charge is 2.30. The molecule has 1 aromatic carbocycles. The number of nitrogens with zero attached hydrogens (tertiary/aromatic N) is 5. The maximum atomic E-state index is 11.4. The molecule has 1 aromatic heterocycles. The van der Waals surface area contributed by atoms with Gasteiger partial charge in [-0.3, -0.25) is 9.69 Å². The lowest BCUT2D eigenvalue weighted by atomic mass is 9.94. The van der Waals surface area contributed by atoms with Gasteiger partial charge in [-0.15, -0.1) is 5.10 Å². The van der Waals surface area contributed by atoms with Gasteiger partial charge in [0.25, 0.3) is 0 Å². The van der Waals surface area contributed by atoms with Gasteiger partial charge < -0.3 is 5.73 Å². The van der Waals surface area contributed by atoms with Crippen LogP contribution in [0.1, 0.15) is 43.6 Å². The lowest BCUT2D eigenvalue weighted by Gasteiger charge is -2.35. The molecule has 2 aromatic rings. The van der Waals surface area contributed by atoms with Crippen LogP contribution in [0.3, 0.4) is 0 Å². The maximum Gasteiger partial charge on any atom is 0.220 e. The number of carbonyl (C=O) groups excluding carboxylic acids is 1. The van der Waals surface area contributed by atoms with E-state index < -0.39 is 0 Å². The number of nitrogens with two attached hydrogens (primary N) is 1. The Kier molecular flexibility index (Phi) is 5.75. The van der Waals surface area contributed by atoms with Gasteiger partial charge >= 0.3 is 0 Å². The molecular weight excluding hydrogens is 316 g/mol. The van der Waals surface area contributed by atoms with Crippen molar-refractivity contribution in [2.45, 2.75) is 45.2 Å². The normalized spacial score (nSPS) is 17.5. The average molecular weight is 342 g/mol. The van der Waals surface area contributed by atoms with Gasteiger partial charge in [-0.25, -0.2) is 4.68 Å². The molecule has 0 spiro atoms. The molecule has 7 nitrogen and oxygen atoms in total. The predicted molar refractivity (Wildman–Crippen MR) is 94.5 cm³/mol. The molecule has 0 aliphatic carbocycles. The SMILES string of the molecule is CC[C@@H](c1nnnn1CCc1ccccc1)N1CCC(C(N)=O)CC1. The summed E-state index contributed by atoms with van der Waals surface area (Å²) in [6.07, 6.45) is 3.47. The van der Waals surface area contributed by atoms with E-state index >= 15 is 0 Å². The number of hydrogen-bond acceptors (Lipinski definition) is 5. The van der Waals surface area contributed by atoms with Crippen LogP contribution < -0.4 is 5.73 Å². The van der Waals surface area contributed by atoms with E-state index in [0.29, 0.717) is 0 Å². The van der Waals surface area contributed by atoms with E-state index in [2.05, 4.69) is 39.5 Å². The van der Waals surface area contributed by atoms with Gasteiger partial charge in [0.05, 0.1) is 6.04 Å². The van der Waals surface area contributed by atoms with Crippen LogP contribution in [-0.4, -0.2) is 44.1 Å². The Morgan fingerprint density at radius 3 is 2.64 bits per heavy atom. The fourth-order valence-corrected chi connectivity index (χ4v) is 3.59. The molecule has 134 valence electrons. The van der Waals surface area contributed by atoms with Crippen molar-refractivity contribution in [1.82, 2.24) is 25.1 Å². The van der Waals surface area contributed by atoms with E-state index in [-0.39, 0.29) is 17.9 Å². The minimum atomic E-state index is -0.180. The van der Waals surface area contributed by atoms with Crippen LogP contribution in [0.2, 0.25) is 0 Å². The molecule has 7 heteroatoms. The zero-order chi connectivity index (χ0) is 17.6. The molecule has 0 unspecified atom stereocenters. The van der Waals surface area contributed by atoms with Crippen LogP contribution in [0.15, 0.2) is 30.3 Å². The molecule has 1 atom stereocenters. The van der Waals surface area contributed by atoms with Gasteiger partial charge in [0, 0.05) is 12.5 Å². The van der Waals surface area contributed by atoms with Gasteiger partial charge in [-0.2, -0.15) is 0 Å². The van der Waals surface area contributed by atoms with Crippen molar-refractivity contribution < 1.29 is 4.79 Å². The third-order valence-corrected chi connectivity index (χ3v) is 5.07. The summed E-state index contributed by atoms with van der Waals surface area (Å²) in [6.45, 7) is 4.64. The maximum absolute atomic E-state index is 11.4. The predicted octanol–water partition coefficient (Wildman–Crippen LogP) is 1.56. The summed E-state index contributed by atoms with van der Waals surface area (Å²) in [7, 11) is 0. The minimum Gasteiger partial charge on any atom is -0.369 e. The average Bonchev–Trinajstić information content (AvgIpc) is 3.10. The number of primary amides is 1. The topological polar surface area (TPSA) is 89.9 Å². The fourth-order valence-electron chi connectivity index (χ4n) is 3.59. The number of amides is 1. The van der Waals surface area contributed by atoms with Crippen LogP contribution in [0, 0.1) is 5.92 Å². The molecule has 25 heavy (non-hydrogen) atoms. The van der Waals surface area contributed by atoms with Gasteiger partial charge in [0.1, 0.15) is 0 Å². The molecule has 3 rings (SSSR count). The van der Waals surface area contributed by atoms with Gasteiger partial charge in [0.15, 0.2) is 5.82 Å². The number of aryl methyl sites for hydroxylation is 2. The second kappa shape index (κ2) is 8.20. The third-order valence-electron chi connectivity index (χ3n) is 5.07. The van der Waals surface area contributed by atoms with Crippen molar-refractivity contribution in [1.29, 1.82) is 0 Å². The monoisotopic (exact) mass is 342 g/mol. The van der Waals surface area contributed by atoms with Crippen molar-refractivity contribution in [2.75, 3.05) is 13.1 Å². The molecule has 2 N–H and O–H groups in total. The number of carbonyl (C=O) groups is 1. The highest BCUT2D eigenvalue weighted by molar-refractivity contribution is 5.76. The first-order chi connectivity index (χ1) is 12.2. The molecule has 1 amide bonds. The Morgan fingerprint density at radius 1 is 1.28 bits per heavy atom. The number of hydrogen-bond donors (Lipinski definition) is 1. The lowest BCUT2D eigenvalue weighted by molar-refractivity contribution is -0.123. The summed E-state index contributed by atoms with van der Waals surface area (Å²) < 4.78 is 1.92. The summed E-state index contributed by atoms with van der Waals surface area (Å²) in [5, 5.41) is 12.4. The Hall–Kier alpha value is -2.28. The van der Waals surface area contributed by atoms with E-state index in [1.807, 2.05) is 22.9 Å². The molecular formula is C18H26N6O. The summed E-state index contributed by atoms with van der Waals surface area (Å²) in [4.78, 5) is 13.7. The molecule has 1 fully saturated rings.